The van der Waals surface area contributed by atoms with Crippen LogP contribution >= 0.6 is 0 Å². The van der Waals surface area contributed by atoms with Crippen LogP contribution in [-0.2, 0) is 9.53 Å². The molecule has 1 saturated carbocycles. The van der Waals surface area contributed by atoms with Crippen LogP contribution in [0.1, 0.15) is 32.1 Å². The van der Waals surface area contributed by atoms with Gasteiger partial charge in [-0.2, -0.15) is 0 Å². The van der Waals surface area contributed by atoms with E-state index in [0.29, 0.717) is 5.92 Å². The Morgan fingerprint density at radius 3 is 2.82 bits per heavy atom. The number of nitrogens with zero attached hydrogens (tertiary/aromatic N) is 1. The van der Waals surface area contributed by atoms with Gasteiger partial charge in [0.1, 0.15) is 6.61 Å². The van der Waals surface area contributed by atoms with E-state index in [1.165, 1.54) is 38.6 Å². The average molecular weight is 240 g/mol. The summed E-state index contributed by atoms with van der Waals surface area (Å²) in [5, 5.41) is 2.95. The Labute approximate surface area is 104 Å². The molecule has 4 heteroatoms. The molecule has 2 aliphatic rings. The van der Waals surface area contributed by atoms with Crippen molar-refractivity contribution in [2.24, 2.45) is 5.92 Å². The van der Waals surface area contributed by atoms with Gasteiger partial charge in [0.05, 0.1) is 0 Å². The minimum atomic E-state index is 0.00631. The van der Waals surface area contributed by atoms with Crippen molar-refractivity contribution in [3.63, 3.8) is 0 Å². The zero-order chi connectivity index (χ0) is 12.1. The molecule has 0 aromatic rings. The number of methoxy groups -OCH3 is 1. The summed E-state index contributed by atoms with van der Waals surface area (Å²) in [5.41, 5.74) is 0. The number of carbonyl (C=O) groups is 1. The molecule has 1 atom stereocenters. The predicted molar refractivity (Wildman–Crippen MR) is 66.8 cm³/mol. The van der Waals surface area contributed by atoms with Gasteiger partial charge >= 0.3 is 0 Å². The number of ether oxygens (including phenoxy) is 1. The minimum absolute atomic E-state index is 0.00631. The van der Waals surface area contributed by atoms with Gasteiger partial charge in [-0.15, -0.1) is 0 Å². The topological polar surface area (TPSA) is 41.6 Å². The lowest BCUT2D eigenvalue weighted by Crippen LogP contribution is -2.35. The van der Waals surface area contributed by atoms with Crippen LogP contribution in [-0.4, -0.2) is 50.2 Å². The first-order valence-electron chi connectivity index (χ1n) is 6.79. The molecule has 1 aliphatic carbocycles. The number of rotatable bonds is 5. The van der Waals surface area contributed by atoms with Gasteiger partial charge in [0.2, 0.25) is 5.91 Å². The Kier molecular flexibility index (Phi) is 4.80. The number of likely N-dealkylation sites (tertiary alicyclic amines) is 1. The first-order chi connectivity index (χ1) is 8.29. The Hall–Kier alpha value is -0.610. The van der Waals surface area contributed by atoms with Crippen molar-refractivity contribution in [2.75, 3.05) is 33.4 Å². The molecular weight excluding hydrogens is 216 g/mol. The molecule has 1 saturated heterocycles. The molecule has 1 amide bonds. The molecular formula is C13H24N2O2. The van der Waals surface area contributed by atoms with E-state index in [1.54, 1.807) is 7.11 Å². The van der Waals surface area contributed by atoms with E-state index in [4.69, 9.17) is 4.74 Å². The Bertz CT molecular complexity index is 252. The van der Waals surface area contributed by atoms with Crippen molar-refractivity contribution < 1.29 is 9.53 Å². The van der Waals surface area contributed by atoms with Crippen LogP contribution in [0, 0.1) is 5.92 Å². The molecule has 2 rings (SSSR count). The quantitative estimate of drug-likeness (QED) is 0.780. The van der Waals surface area contributed by atoms with E-state index in [1.807, 2.05) is 0 Å². The van der Waals surface area contributed by atoms with Gasteiger partial charge in [-0.1, -0.05) is 12.8 Å². The molecule has 0 aromatic carbocycles. The molecule has 4 nitrogen and oxygen atoms in total. The summed E-state index contributed by atoms with van der Waals surface area (Å²) in [4.78, 5) is 13.9. The SMILES string of the molecule is COCC(=O)NC[C@H]1CCN(C2CCCC2)C1. The Morgan fingerprint density at radius 2 is 2.12 bits per heavy atom. The largest absolute Gasteiger partial charge is 0.375 e. The molecule has 0 radical (unpaired) electrons. The molecule has 0 aromatic heterocycles. The van der Waals surface area contributed by atoms with Gasteiger partial charge in [0.25, 0.3) is 0 Å². The molecule has 1 heterocycles. The first-order valence-corrected chi connectivity index (χ1v) is 6.79. The third kappa shape index (κ3) is 3.68. The molecule has 2 fully saturated rings. The van der Waals surface area contributed by atoms with Crippen LogP contribution in [0.4, 0.5) is 0 Å². The second-order valence-corrected chi connectivity index (χ2v) is 5.33. The van der Waals surface area contributed by atoms with Crippen molar-refractivity contribution in [2.45, 2.75) is 38.1 Å². The third-order valence-electron chi connectivity index (χ3n) is 4.02. The fourth-order valence-electron chi connectivity index (χ4n) is 3.07. The highest BCUT2D eigenvalue weighted by atomic mass is 16.5. The fourth-order valence-corrected chi connectivity index (χ4v) is 3.07. The maximum absolute atomic E-state index is 11.3. The highest BCUT2D eigenvalue weighted by Gasteiger charge is 2.29. The van der Waals surface area contributed by atoms with Crippen LogP contribution in [0.3, 0.4) is 0 Å². The monoisotopic (exact) mass is 240 g/mol. The molecule has 98 valence electrons. The summed E-state index contributed by atoms with van der Waals surface area (Å²) in [6.07, 6.45) is 6.78. The number of amides is 1. The van der Waals surface area contributed by atoms with Crippen LogP contribution in [0.5, 0.6) is 0 Å². The Morgan fingerprint density at radius 1 is 1.35 bits per heavy atom. The third-order valence-corrected chi connectivity index (χ3v) is 4.02. The van der Waals surface area contributed by atoms with Crippen LogP contribution in [0.25, 0.3) is 0 Å². The number of nitrogens with one attached hydrogen (secondary N) is 1. The van der Waals surface area contributed by atoms with Crippen molar-refractivity contribution >= 4 is 5.91 Å². The zero-order valence-corrected chi connectivity index (χ0v) is 10.8. The van der Waals surface area contributed by atoms with Gasteiger partial charge in [-0.05, 0) is 31.7 Å². The normalized spacial score (nSPS) is 26.5. The molecule has 1 N–H and O–H groups in total. The standard InChI is InChI=1S/C13H24N2O2/c1-17-10-13(16)14-8-11-6-7-15(9-11)12-4-2-3-5-12/h11-12H,2-10H2,1H3,(H,14,16)/t11-/m1/s1. The summed E-state index contributed by atoms with van der Waals surface area (Å²) in [6, 6.07) is 0.828. The lowest BCUT2D eigenvalue weighted by Gasteiger charge is -2.23. The van der Waals surface area contributed by atoms with Crippen molar-refractivity contribution in [3.05, 3.63) is 0 Å². The summed E-state index contributed by atoms with van der Waals surface area (Å²) in [7, 11) is 1.55. The zero-order valence-electron chi connectivity index (χ0n) is 10.8. The Balaban J connectivity index is 1.65. The van der Waals surface area contributed by atoms with E-state index in [0.717, 1.165) is 19.1 Å². The predicted octanol–water partition coefficient (Wildman–Crippen LogP) is 1.01. The lowest BCUT2D eigenvalue weighted by atomic mass is 10.1. The summed E-state index contributed by atoms with van der Waals surface area (Å²) in [5.74, 6) is 0.642. The van der Waals surface area contributed by atoms with E-state index in [2.05, 4.69) is 10.2 Å². The molecule has 1 aliphatic heterocycles. The van der Waals surface area contributed by atoms with Crippen molar-refractivity contribution in [1.29, 1.82) is 0 Å². The van der Waals surface area contributed by atoms with Gasteiger partial charge in [0, 0.05) is 26.2 Å². The average Bonchev–Trinajstić information content (AvgIpc) is 2.97. The van der Waals surface area contributed by atoms with Gasteiger partial charge in [-0.25, -0.2) is 0 Å². The van der Waals surface area contributed by atoms with Crippen molar-refractivity contribution in [1.82, 2.24) is 10.2 Å². The second kappa shape index (κ2) is 6.36. The van der Waals surface area contributed by atoms with E-state index in [-0.39, 0.29) is 12.5 Å². The van der Waals surface area contributed by atoms with E-state index >= 15 is 0 Å². The molecule has 17 heavy (non-hydrogen) atoms. The number of hydrogen-bond donors (Lipinski definition) is 1. The van der Waals surface area contributed by atoms with Gasteiger partial charge < -0.3 is 15.0 Å². The van der Waals surface area contributed by atoms with Gasteiger partial charge in [-0.3, -0.25) is 4.79 Å². The highest BCUT2D eigenvalue weighted by Crippen LogP contribution is 2.28. The second-order valence-electron chi connectivity index (χ2n) is 5.33. The summed E-state index contributed by atoms with van der Waals surface area (Å²) < 4.78 is 4.80. The maximum atomic E-state index is 11.3. The van der Waals surface area contributed by atoms with E-state index in [9.17, 15) is 4.79 Å². The van der Waals surface area contributed by atoms with E-state index < -0.39 is 0 Å². The smallest absolute Gasteiger partial charge is 0.245 e. The van der Waals surface area contributed by atoms with Gasteiger partial charge in [0.15, 0.2) is 0 Å². The van der Waals surface area contributed by atoms with Crippen LogP contribution in [0.2, 0.25) is 0 Å². The lowest BCUT2D eigenvalue weighted by molar-refractivity contribution is -0.124. The first kappa shape index (κ1) is 12.8. The molecule has 0 spiro atoms. The minimum Gasteiger partial charge on any atom is -0.375 e. The summed E-state index contributed by atoms with van der Waals surface area (Å²) in [6.45, 7) is 3.37. The van der Waals surface area contributed by atoms with Crippen molar-refractivity contribution in [3.8, 4) is 0 Å². The summed E-state index contributed by atoms with van der Waals surface area (Å²) >= 11 is 0. The molecule has 0 unspecified atom stereocenters. The number of hydrogen-bond acceptors (Lipinski definition) is 3. The molecule has 0 bridgehead atoms. The maximum Gasteiger partial charge on any atom is 0.245 e. The number of carbonyl (C=O) groups excluding carboxylic acids is 1. The van der Waals surface area contributed by atoms with Crippen LogP contribution < -0.4 is 5.32 Å². The van der Waals surface area contributed by atoms with Crippen LogP contribution in [0.15, 0.2) is 0 Å². The fraction of sp³-hybridized carbons (Fsp3) is 0.923. The highest BCUT2D eigenvalue weighted by molar-refractivity contribution is 5.77.